The average molecular weight is 358 g/mol. The third-order valence-electron chi connectivity index (χ3n) is 3.17. The van der Waals surface area contributed by atoms with Crippen molar-refractivity contribution in [1.29, 1.82) is 5.26 Å². The predicted molar refractivity (Wildman–Crippen MR) is 85.3 cm³/mol. The number of fused-ring (bicyclic) bond motifs is 1. The van der Waals surface area contributed by atoms with Gasteiger partial charge in [-0.15, -0.1) is 0 Å². The number of alkyl halides is 1. The van der Waals surface area contributed by atoms with Crippen LogP contribution in [0.25, 0.3) is 10.9 Å². The number of nitriles is 1. The smallest absolute Gasteiger partial charge is 0.110 e. The van der Waals surface area contributed by atoms with E-state index in [0.717, 1.165) is 10.9 Å². The zero-order chi connectivity index (χ0) is 13.2. The SMILES string of the molecule is N#Cc1ccc2c(ccn2C(I)c2ccccc2)c1. The maximum atomic E-state index is 8.93. The van der Waals surface area contributed by atoms with Gasteiger partial charge in [0.1, 0.15) is 4.05 Å². The molecule has 3 heteroatoms. The molecule has 2 nitrogen and oxygen atoms in total. The Hall–Kier alpha value is -1.80. The van der Waals surface area contributed by atoms with Crippen LogP contribution in [-0.4, -0.2) is 4.57 Å². The molecular weight excluding hydrogens is 347 g/mol. The van der Waals surface area contributed by atoms with E-state index in [4.69, 9.17) is 5.26 Å². The van der Waals surface area contributed by atoms with Crippen molar-refractivity contribution in [3.05, 3.63) is 71.9 Å². The second-order valence-corrected chi connectivity index (χ2v) is 5.53. The molecule has 1 aromatic heterocycles. The maximum Gasteiger partial charge on any atom is 0.110 e. The third-order valence-corrected chi connectivity index (χ3v) is 4.49. The summed E-state index contributed by atoms with van der Waals surface area (Å²) >= 11 is 2.43. The Morgan fingerprint density at radius 3 is 2.58 bits per heavy atom. The molecule has 0 radical (unpaired) electrons. The van der Waals surface area contributed by atoms with Crippen LogP contribution in [0.5, 0.6) is 0 Å². The van der Waals surface area contributed by atoms with Crippen molar-refractivity contribution in [3.63, 3.8) is 0 Å². The quantitative estimate of drug-likeness (QED) is 0.490. The van der Waals surface area contributed by atoms with Gasteiger partial charge in [0.25, 0.3) is 0 Å². The van der Waals surface area contributed by atoms with Gasteiger partial charge in [0.15, 0.2) is 0 Å². The molecule has 3 rings (SSSR count). The minimum Gasteiger partial charge on any atom is -0.331 e. The van der Waals surface area contributed by atoms with E-state index in [9.17, 15) is 0 Å². The Balaban J connectivity index is 2.09. The largest absolute Gasteiger partial charge is 0.331 e. The minimum atomic E-state index is 0.254. The molecule has 0 amide bonds. The molecule has 1 atom stereocenters. The molecular formula is C16H11IN2. The number of nitrogens with zero attached hydrogens (tertiary/aromatic N) is 2. The molecule has 0 fully saturated rings. The molecule has 0 aliphatic rings. The number of halogens is 1. The van der Waals surface area contributed by atoms with E-state index in [-0.39, 0.29) is 4.05 Å². The molecule has 19 heavy (non-hydrogen) atoms. The molecule has 92 valence electrons. The normalized spacial score (nSPS) is 12.2. The summed E-state index contributed by atoms with van der Waals surface area (Å²) in [5.74, 6) is 0. The first-order valence-electron chi connectivity index (χ1n) is 5.99. The Labute approximate surface area is 125 Å². The summed E-state index contributed by atoms with van der Waals surface area (Å²) in [6.07, 6.45) is 2.08. The highest BCUT2D eigenvalue weighted by atomic mass is 127. The minimum absolute atomic E-state index is 0.254. The van der Waals surface area contributed by atoms with Gasteiger partial charge in [0.05, 0.1) is 11.6 Å². The molecule has 0 aliphatic carbocycles. The van der Waals surface area contributed by atoms with Gasteiger partial charge in [0.2, 0.25) is 0 Å². The number of benzene rings is 2. The van der Waals surface area contributed by atoms with Crippen LogP contribution in [0.4, 0.5) is 0 Å². The van der Waals surface area contributed by atoms with E-state index >= 15 is 0 Å². The van der Waals surface area contributed by atoms with E-state index in [1.807, 2.05) is 24.3 Å². The van der Waals surface area contributed by atoms with Gasteiger partial charge >= 0.3 is 0 Å². The molecule has 1 heterocycles. The zero-order valence-corrected chi connectivity index (χ0v) is 12.3. The molecule has 0 bridgehead atoms. The fourth-order valence-corrected chi connectivity index (χ4v) is 3.10. The summed E-state index contributed by atoms with van der Waals surface area (Å²) in [5.41, 5.74) is 3.13. The monoisotopic (exact) mass is 358 g/mol. The number of hydrogen-bond donors (Lipinski definition) is 0. The van der Waals surface area contributed by atoms with Crippen molar-refractivity contribution >= 4 is 33.5 Å². The summed E-state index contributed by atoms with van der Waals surface area (Å²) in [5, 5.41) is 10.0. The van der Waals surface area contributed by atoms with E-state index in [1.54, 1.807) is 0 Å². The van der Waals surface area contributed by atoms with E-state index in [0.29, 0.717) is 5.56 Å². The summed E-state index contributed by atoms with van der Waals surface area (Å²) in [6.45, 7) is 0. The first kappa shape index (κ1) is 12.2. The van der Waals surface area contributed by atoms with Gasteiger partial charge in [-0.2, -0.15) is 5.26 Å². The third kappa shape index (κ3) is 2.24. The maximum absolute atomic E-state index is 8.93. The van der Waals surface area contributed by atoms with Gasteiger partial charge in [0, 0.05) is 17.1 Å². The lowest BCUT2D eigenvalue weighted by Gasteiger charge is -2.14. The van der Waals surface area contributed by atoms with Gasteiger partial charge in [-0.1, -0.05) is 52.9 Å². The van der Waals surface area contributed by atoms with Crippen molar-refractivity contribution in [2.24, 2.45) is 0 Å². The summed E-state index contributed by atoms with van der Waals surface area (Å²) in [6, 6.07) is 20.5. The lowest BCUT2D eigenvalue weighted by atomic mass is 10.2. The second kappa shape index (κ2) is 5.06. The lowest BCUT2D eigenvalue weighted by Crippen LogP contribution is -2.01. The summed E-state index contributed by atoms with van der Waals surface area (Å²) < 4.78 is 2.48. The van der Waals surface area contributed by atoms with Gasteiger partial charge in [-0.25, -0.2) is 0 Å². The molecule has 0 saturated carbocycles. The molecule has 1 unspecified atom stereocenters. The fraction of sp³-hybridized carbons (Fsp3) is 0.0625. The zero-order valence-electron chi connectivity index (χ0n) is 10.1. The van der Waals surface area contributed by atoms with Crippen LogP contribution in [0, 0.1) is 11.3 Å². The molecule has 0 aliphatic heterocycles. The number of rotatable bonds is 2. The summed E-state index contributed by atoms with van der Waals surface area (Å²) in [4.78, 5) is 0. The first-order chi connectivity index (χ1) is 9.29. The van der Waals surface area contributed by atoms with Crippen molar-refractivity contribution in [3.8, 4) is 6.07 Å². The average Bonchev–Trinajstić information content (AvgIpc) is 2.90. The number of hydrogen-bond acceptors (Lipinski definition) is 1. The Kier molecular flexibility index (Phi) is 3.26. The van der Waals surface area contributed by atoms with Crippen molar-refractivity contribution in [2.45, 2.75) is 4.05 Å². The van der Waals surface area contributed by atoms with E-state index in [2.05, 4.69) is 69.8 Å². The van der Waals surface area contributed by atoms with E-state index in [1.165, 1.54) is 5.56 Å². The van der Waals surface area contributed by atoms with Gasteiger partial charge < -0.3 is 4.57 Å². The molecule has 3 aromatic rings. The fourth-order valence-electron chi connectivity index (χ4n) is 2.20. The Bertz CT molecular complexity index is 753. The Morgan fingerprint density at radius 1 is 1.05 bits per heavy atom. The molecule has 0 spiro atoms. The van der Waals surface area contributed by atoms with E-state index < -0.39 is 0 Å². The Morgan fingerprint density at radius 2 is 1.84 bits per heavy atom. The second-order valence-electron chi connectivity index (χ2n) is 4.35. The predicted octanol–water partition coefficient (Wildman–Crippen LogP) is 4.49. The van der Waals surface area contributed by atoms with Crippen LogP contribution in [0.3, 0.4) is 0 Å². The van der Waals surface area contributed by atoms with Crippen LogP contribution in [0.15, 0.2) is 60.8 Å². The highest BCUT2D eigenvalue weighted by Gasteiger charge is 2.11. The molecule has 0 saturated heterocycles. The van der Waals surface area contributed by atoms with Crippen LogP contribution >= 0.6 is 22.6 Å². The van der Waals surface area contributed by atoms with Crippen molar-refractivity contribution in [1.82, 2.24) is 4.57 Å². The first-order valence-corrected chi connectivity index (χ1v) is 7.24. The molecule has 2 aromatic carbocycles. The highest BCUT2D eigenvalue weighted by Crippen LogP contribution is 2.30. The number of aromatic nitrogens is 1. The van der Waals surface area contributed by atoms with Crippen LogP contribution in [0.1, 0.15) is 15.2 Å². The lowest BCUT2D eigenvalue weighted by molar-refractivity contribution is 0.843. The topological polar surface area (TPSA) is 28.7 Å². The van der Waals surface area contributed by atoms with Crippen molar-refractivity contribution < 1.29 is 0 Å². The molecule has 0 N–H and O–H groups in total. The standard InChI is InChI=1S/C16H11IN2/c17-16(13-4-2-1-3-5-13)19-9-8-14-10-12(11-18)6-7-15(14)19/h1-10,16H. The van der Waals surface area contributed by atoms with Crippen molar-refractivity contribution in [2.75, 3.05) is 0 Å². The van der Waals surface area contributed by atoms with Crippen LogP contribution in [-0.2, 0) is 0 Å². The highest BCUT2D eigenvalue weighted by molar-refractivity contribution is 14.1. The van der Waals surface area contributed by atoms with Gasteiger partial charge in [-0.05, 0) is 29.8 Å². The summed E-state index contributed by atoms with van der Waals surface area (Å²) in [7, 11) is 0. The van der Waals surface area contributed by atoms with Crippen LogP contribution < -0.4 is 0 Å². The van der Waals surface area contributed by atoms with Gasteiger partial charge in [-0.3, -0.25) is 0 Å². The van der Waals surface area contributed by atoms with Crippen LogP contribution in [0.2, 0.25) is 0 Å².